The summed E-state index contributed by atoms with van der Waals surface area (Å²) in [5, 5.41) is 3.60. The highest BCUT2D eigenvalue weighted by Crippen LogP contribution is 2.30. The maximum atomic E-state index is 5.76. The van der Waals surface area contributed by atoms with Crippen molar-refractivity contribution in [2.45, 2.75) is 30.6 Å². The van der Waals surface area contributed by atoms with Gasteiger partial charge < -0.3 is 10.1 Å². The van der Waals surface area contributed by atoms with E-state index in [2.05, 4.69) is 33.7 Å². The van der Waals surface area contributed by atoms with Crippen molar-refractivity contribution in [1.29, 1.82) is 0 Å². The first kappa shape index (κ1) is 16.3. The van der Waals surface area contributed by atoms with E-state index in [0.717, 1.165) is 28.8 Å². The number of aromatic nitrogens is 2. The predicted octanol–water partition coefficient (Wildman–Crippen LogP) is 3.77. The van der Waals surface area contributed by atoms with Gasteiger partial charge in [-0.15, -0.1) is 0 Å². The van der Waals surface area contributed by atoms with Gasteiger partial charge >= 0.3 is 0 Å². The molecule has 0 bridgehead atoms. The SMILES string of the molecule is CCCNC(CSc1ncns1)c1ccccc1OCC. The first-order valence-electron chi connectivity index (χ1n) is 7.19. The molecule has 2 aromatic rings. The number of benzene rings is 1. The zero-order valence-electron chi connectivity index (χ0n) is 12.4. The van der Waals surface area contributed by atoms with Crippen LogP contribution in [0.4, 0.5) is 0 Å². The van der Waals surface area contributed by atoms with Crippen molar-refractivity contribution in [3.63, 3.8) is 0 Å². The normalized spacial score (nSPS) is 12.3. The lowest BCUT2D eigenvalue weighted by Gasteiger charge is -2.21. The summed E-state index contributed by atoms with van der Waals surface area (Å²) in [4.78, 5) is 4.23. The number of nitrogens with one attached hydrogen (secondary N) is 1. The van der Waals surface area contributed by atoms with Crippen molar-refractivity contribution >= 4 is 23.3 Å². The van der Waals surface area contributed by atoms with Crippen LogP contribution < -0.4 is 10.1 Å². The first-order chi connectivity index (χ1) is 10.3. The van der Waals surface area contributed by atoms with Crippen molar-refractivity contribution in [2.75, 3.05) is 18.9 Å². The van der Waals surface area contributed by atoms with E-state index < -0.39 is 0 Å². The first-order valence-corrected chi connectivity index (χ1v) is 8.95. The van der Waals surface area contributed by atoms with E-state index in [4.69, 9.17) is 4.74 Å². The summed E-state index contributed by atoms with van der Waals surface area (Å²) < 4.78 is 10.8. The summed E-state index contributed by atoms with van der Waals surface area (Å²) in [6, 6.07) is 8.51. The van der Waals surface area contributed by atoms with Crippen molar-refractivity contribution in [3.05, 3.63) is 36.2 Å². The third-order valence-corrected chi connectivity index (χ3v) is 4.84. The lowest BCUT2D eigenvalue weighted by atomic mass is 10.1. The van der Waals surface area contributed by atoms with Crippen LogP contribution in [0.15, 0.2) is 34.9 Å². The summed E-state index contributed by atoms with van der Waals surface area (Å²) in [5.74, 6) is 1.88. The smallest absolute Gasteiger partial charge is 0.169 e. The fourth-order valence-corrected chi connectivity index (χ4v) is 3.56. The molecule has 0 aliphatic rings. The van der Waals surface area contributed by atoms with Crippen LogP contribution in [0.25, 0.3) is 0 Å². The van der Waals surface area contributed by atoms with Gasteiger partial charge in [0.05, 0.1) is 6.61 Å². The van der Waals surface area contributed by atoms with E-state index in [-0.39, 0.29) is 6.04 Å². The van der Waals surface area contributed by atoms with Crippen LogP contribution in [0.1, 0.15) is 31.9 Å². The topological polar surface area (TPSA) is 47.0 Å². The molecule has 1 atom stereocenters. The molecule has 21 heavy (non-hydrogen) atoms. The van der Waals surface area contributed by atoms with Crippen molar-refractivity contribution in [1.82, 2.24) is 14.7 Å². The third kappa shape index (κ3) is 4.98. The van der Waals surface area contributed by atoms with Crippen LogP contribution in [0, 0.1) is 0 Å². The molecule has 1 aromatic carbocycles. The molecule has 1 aromatic heterocycles. The van der Waals surface area contributed by atoms with E-state index >= 15 is 0 Å². The second-order valence-electron chi connectivity index (χ2n) is 4.50. The van der Waals surface area contributed by atoms with Gasteiger partial charge in [-0.1, -0.05) is 36.9 Å². The Balaban J connectivity index is 2.10. The summed E-state index contributed by atoms with van der Waals surface area (Å²) in [6.45, 7) is 5.86. The Morgan fingerprint density at radius 3 is 2.90 bits per heavy atom. The molecular formula is C15H21N3OS2. The molecule has 0 radical (unpaired) electrons. The number of para-hydroxylation sites is 1. The maximum Gasteiger partial charge on any atom is 0.169 e. The molecular weight excluding hydrogens is 302 g/mol. The van der Waals surface area contributed by atoms with Gasteiger partial charge in [0.1, 0.15) is 12.1 Å². The van der Waals surface area contributed by atoms with Crippen LogP contribution in [-0.4, -0.2) is 28.3 Å². The van der Waals surface area contributed by atoms with Gasteiger partial charge in [0, 0.05) is 17.4 Å². The Bertz CT molecular complexity index is 519. The Kier molecular flexibility index (Phi) is 6.99. The number of thioether (sulfide) groups is 1. The summed E-state index contributed by atoms with van der Waals surface area (Å²) >= 11 is 3.18. The second-order valence-corrected chi connectivity index (χ2v) is 6.54. The van der Waals surface area contributed by atoms with Crippen molar-refractivity contribution in [2.24, 2.45) is 0 Å². The van der Waals surface area contributed by atoms with E-state index in [1.165, 1.54) is 17.1 Å². The van der Waals surface area contributed by atoms with Gasteiger partial charge in [-0.05, 0) is 37.5 Å². The Hall–Kier alpha value is -1.11. The summed E-state index contributed by atoms with van der Waals surface area (Å²) in [7, 11) is 0. The minimum absolute atomic E-state index is 0.251. The molecule has 1 heterocycles. The average molecular weight is 323 g/mol. The quantitative estimate of drug-likeness (QED) is 0.712. The highest BCUT2D eigenvalue weighted by molar-refractivity contribution is 8.00. The highest BCUT2D eigenvalue weighted by Gasteiger charge is 2.16. The largest absolute Gasteiger partial charge is 0.494 e. The highest BCUT2D eigenvalue weighted by atomic mass is 32.2. The number of nitrogens with zero attached hydrogens (tertiary/aromatic N) is 2. The van der Waals surface area contributed by atoms with Gasteiger partial charge in [-0.25, -0.2) is 4.98 Å². The van der Waals surface area contributed by atoms with E-state index in [1.54, 1.807) is 18.1 Å². The molecule has 0 aliphatic carbocycles. The lowest BCUT2D eigenvalue weighted by Crippen LogP contribution is -2.24. The van der Waals surface area contributed by atoms with Crippen molar-refractivity contribution < 1.29 is 4.74 Å². The zero-order chi connectivity index (χ0) is 14.9. The number of rotatable bonds is 9. The molecule has 0 fully saturated rings. The molecule has 6 heteroatoms. The molecule has 1 N–H and O–H groups in total. The monoisotopic (exact) mass is 323 g/mol. The third-order valence-electron chi connectivity index (χ3n) is 2.95. The molecule has 0 aliphatic heterocycles. The molecule has 2 rings (SSSR count). The van der Waals surface area contributed by atoms with Gasteiger partial charge in [0.2, 0.25) is 0 Å². The molecule has 4 nitrogen and oxygen atoms in total. The molecule has 0 amide bonds. The summed E-state index contributed by atoms with van der Waals surface area (Å²) in [5.41, 5.74) is 1.21. The number of hydrogen-bond donors (Lipinski definition) is 1. The minimum atomic E-state index is 0.251. The van der Waals surface area contributed by atoms with E-state index in [9.17, 15) is 0 Å². The van der Waals surface area contributed by atoms with Gasteiger partial charge in [0.25, 0.3) is 0 Å². The van der Waals surface area contributed by atoms with Gasteiger partial charge in [-0.2, -0.15) is 4.37 Å². The second kappa shape index (κ2) is 9.02. The fourth-order valence-electron chi connectivity index (χ4n) is 2.01. The Morgan fingerprint density at radius 2 is 2.19 bits per heavy atom. The van der Waals surface area contributed by atoms with Crippen LogP contribution in [0.3, 0.4) is 0 Å². The molecule has 0 saturated heterocycles. The van der Waals surface area contributed by atoms with Crippen LogP contribution >= 0.6 is 23.3 Å². The van der Waals surface area contributed by atoms with E-state index in [1.807, 2.05) is 19.1 Å². The van der Waals surface area contributed by atoms with Crippen LogP contribution in [0.5, 0.6) is 5.75 Å². The molecule has 0 spiro atoms. The van der Waals surface area contributed by atoms with Gasteiger partial charge in [0.15, 0.2) is 4.34 Å². The maximum absolute atomic E-state index is 5.76. The Labute approximate surface area is 134 Å². The van der Waals surface area contributed by atoms with Crippen LogP contribution in [-0.2, 0) is 0 Å². The predicted molar refractivity (Wildman–Crippen MR) is 89.3 cm³/mol. The van der Waals surface area contributed by atoms with Crippen LogP contribution in [0.2, 0.25) is 0 Å². The lowest BCUT2D eigenvalue weighted by molar-refractivity contribution is 0.332. The summed E-state index contributed by atoms with van der Waals surface area (Å²) in [6.07, 6.45) is 2.71. The zero-order valence-corrected chi connectivity index (χ0v) is 14.0. The fraction of sp³-hybridized carbons (Fsp3) is 0.467. The minimum Gasteiger partial charge on any atom is -0.494 e. The molecule has 0 saturated carbocycles. The molecule has 114 valence electrons. The number of ether oxygens (including phenoxy) is 1. The van der Waals surface area contributed by atoms with Gasteiger partial charge in [-0.3, -0.25) is 0 Å². The average Bonchev–Trinajstić information content (AvgIpc) is 3.02. The Morgan fingerprint density at radius 1 is 1.33 bits per heavy atom. The van der Waals surface area contributed by atoms with Crippen molar-refractivity contribution in [3.8, 4) is 5.75 Å². The molecule has 1 unspecified atom stereocenters. The standard InChI is InChI=1S/C15H21N3OS2/c1-3-9-16-13(10-20-15-17-11-18-21-15)12-7-5-6-8-14(12)19-4-2/h5-8,11,13,16H,3-4,9-10H2,1-2H3. The number of hydrogen-bond acceptors (Lipinski definition) is 6. The van der Waals surface area contributed by atoms with E-state index in [0.29, 0.717) is 6.61 Å².